The van der Waals surface area contributed by atoms with E-state index in [1.54, 1.807) is 13.8 Å². The molecule has 0 spiro atoms. The molecule has 0 atom stereocenters. The average Bonchev–Trinajstić information content (AvgIpc) is 2.71. The van der Waals surface area contributed by atoms with E-state index in [1.165, 1.54) is 0 Å². The lowest BCUT2D eigenvalue weighted by atomic mass is 10.1. The molecular weight excluding hydrogens is 304 g/mol. The molecule has 2 aromatic rings. The van der Waals surface area contributed by atoms with Gasteiger partial charge in [0.15, 0.2) is 5.69 Å². The zero-order valence-corrected chi connectivity index (χ0v) is 15.1. The molecule has 2 rings (SSSR count). The summed E-state index contributed by atoms with van der Waals surface area (Å²) in [5.74, 6) is 0.124. The molecule has 2 N–H and O–H groups in total. The standard InChI is InChI=1S/C18H24N4O2/c1-11-8-13-14(9-12(11)19-7)22(17(2,3)4)16(20-13)21-15(23)10-18(5,6)24/h8-9,24H,10H2,1-6H3,(H,20,21,23). The van der Waals surface area contributed by atoms with Crippen LogP contribution in [0.3, 0.4) is 0 Å². The molecule has 0 radical (unpaired) electrons. The van der Waals surface area contributed by atoms with Crippen molar-refractivity contribution >= 4 is 28.6 Å². The third-order valence-electron chi connectivity index (χ3n) is 3.61. The molecular formula is C18H24N4O2. The van der Waals surface area contributed by atoms with Crippen molar-refractivity contribution < 1.29 is 9.90 Å². The summed E-state index contributed by atoms with van der Waals surface area (Å²) < 4.78 is 1.92. The summed E-state index contributed by atoms with van der Waals surface area (Å²) in [7, 11) is 0. The van der Waals surface area contributed by atoms with Crippen molar-refractivity contribution in [3.8, 4) is 0 Å². The topological polar surface area (TPSA) is 71.5 Å². The minimum Gasteiger partial charge on any atom is -0.390 e. The van der Waals surface area contributed by atoms with E-state index in [2.05, 4.69) is 15.1 Å². The van der Waals surface area contributed by atoms with Gasteiger partial charge < -0.3 is 9.67 Å². The summed E-state index contributed by atoms with van der Waals surface area (Å²) in [6, 6.07) is 3.66. The molecule has 1 heterocycles. The van der Waals surface area contributed by atoms with Gasteiger partial charge in [0.1, 0.15) is 0 Å². The van der Waals surface area contributed by atoms with Gasteiger partial charge in [0.05, 0.1) is 29.6 Å². The van der Waals surface area contributed by atoms with Crippen molar-refractivity contribution in [3.05, 3.63) is 29.1 Å². The molecule has 0 aliphatic heterocycles. The Bertz CT molecular complexity index is 830. The fraction of sp³-hybridized carbons (Fsp3) is 0.500. The Hall–Kier alpha value is -2.39. The van der Waals surface area contributed by atoms with Gasteiger partial charge in [-0.05, 0) is 59.2 Å². The number of imidazole rings is 1. The van der Waals surface area contributed by atoms with Crippen LogP contribution in [0, 0.1) is 13.5 Å². The van der Waals surface area contributed by atoms with Gasteiger partial charge in [-0.2, -0.15) is 0 Å². The maximum atomic E-state index is 12.2. The molecule has 24 heavy (non-hydrogen) atoms. The molecule has 0 fully saturated rings. The van der Waals surface area contributed by atoms with E-state index in [-0.39, 0.29) is 17.9 Å². The summed E-state index contributed by atoms with van der Waals surface area (Å²) in [6.07, 6.45) is -0.0212. The van der Waals surface area contributed by atoms with Crippen LogP contribution in [-0.2, 0) is 10.3 Å². The van der Waals surface area contributed by atoms with Crippen LogP contribution >= 0.6 is 0 Å². The second kappa shape index (κ2) is 5.91. The Labute approximate surface area is 142 Å². The smallest absolute Gasteiger partial charge is 0.229 e. The molecule has 1 aromatic heterocycles. The zero-order chi connectivity index (χ0) is 18.3. The van der Waals surface area contributed by atoms with Crippen molar-refractivity contribution in [1.82, 2.24) is 9.55 Å². The number of rotatable bonds is 3. The Balaban J connectivity index is 2.58. The molecule has 0 aliphatic carbocycles. The third kappa shape index (κ3) is 3.74. The van der Waals surface area contributed by atoms with Crippen molar-refractivity contribution in [2.75, 3.05) is 5.32 Å². The van der Waals surface area contributed by atoms with Crippen LogP contribution in [0.4, 0.5) is 11.6 Å². The van der Waals surface area contributed by atoms with Gasteiger partial charge in [0.25, 0.3) is 0 Å². The maximum absolute atomic E-state index is 12.2. The number of hydrogen-bond acceptors (Lipinski definition) is 3. The molecule has 1 aromatic carbocycles. The number of aryl methyl sites for hydroxylation is 1. The molecule has 0 saturated carbocycles. The highest BCUT2D eigenvalue weighted by Gasteiger charge is 2.25. The Morgan fingerprint density at radius 2 is 1.96 bits per heavy atom. The molecule has 0 bridgehead atoms. The first-order valence-corrected chi connectivity index (χ1v) is 7.85. The molecule has 6 nitrogen and oxygen atoms in total. The monoisotopic (exact) mass is 328 g/mol. The van der Waals surface area contributed by atoms with Crippen LogP contribution in [0.25, 0.3) is 15.9 Å². The van der Waals surface area contributed by atoms with Crippen LogP contribution in [-0.4, -0.2) is 26.2 Å². The first-order chi connectivity index (χ1) is 10.9. The quantitative estimate of drug-likeness (QED) is 0.843. The van der Waals surface area contributed by atoms with Crippen LogP contribution in [0.2, 0.25) is 0 Å². The van der Waals surface area contributed by atoms with E-state index in [0.717, 1.165) is 16.6 Å². The van der Waals surface area contributed by atoms with Gasteiger partial charge in [0, 0.05) is 5.54 Å². The maximum Gasteiger partial charge on any atom is 0.229 e. The second-order valence-corrected chi connectivity index (χ2v) is 7.72. The van der Waals surface area contributed by atoms with Crippen LogP contribution in [0.5, 0.6) is 0 Å². The van der Waals surface area contributed by atoms with Gasteiger partial charge in [-0.15, -0.1) is 0 Å². The largest absolute Gasteiger partial charge is 0.390 e. The number of aliphatic hydroxyl groups is 1. The van der Waals surface area contributed by atoms with Gasteiger partial charge >= 0.3 is 0 Å². The van der Waals surface area contributed by atoms with Crippen LogP contribution < -0.4 is 5.32 Å². The number of carbonyl (C=O) groups is 1. The molecule has 1 amide bonds. The summed E-state index contributed by atoms with van der Waals surface area (Å²) in [6.45, 7) is 18.4. The molecule has 0 aliphatic rings. The van der Waals surface area contributed by atoms with Gasteiger partial charge in [-0.25, -0.2) is 9.83 Å². The number of benzene rings is 1. The van der Waals surface area contributed by atoms with Crippen molar-refractivity contribution in [2.24, 2.45) is 0 Å². The lowest BCUT2D eigenvalue weighted by molar-refractivity contribution is -0.119. The fourth-order valence-electron chi connectivity index (χ4n) is 2.66. The molecule has 0 saturated heterocycles. The van der Waals surface area contributed by atoms with Crippen molar-refractivity contribution in [2.45, 2.75) is 59.1 Å². The predicted octanol–water partition coefficient (Wildman–Crippen LogP) is 3.75. The fourth-order valence-corrected chi connectivity index (χ4v) is 2.66. The first kappa shape index (κ1) is 18.0. The number of carbonyl (C=O) groups excluding carboxylic acids is 1. The first-order valence-electron chi connectivity index (χ1n) is 7.85. The molecule has 128 valence electrons. The number of amides is 1. The minimum atomic E-state index is -1.09. The normalized spacial score (nSPS) is 12.2. The summed E-state index contributed by atoms with van der Waals surface area (Å²) >= 11 is 0. The number of fused-ring (bicyclic) bond motifs is 1. The molecule has 0 unspecified atom stereocenters. The Morgan fingerprint density at radius 3 is 2.46 bits per heavy atom. The van der Waals surface area contributed by atoms with Crippen molar-refractivity contribution in [1.29, 1.82) is 0 Å². The summed E-state index contributed by atoms with van der Waals surface area (Å²) in [4.78, 5) is 20.3. The number of anilines is 1. The second-order valence-electron chi connectivity index (χ2n) is 7.72. The van der Waals surface area contributed by atoms with Gasteiger partial charge in [-0.1, -0.05) is 0 Å². The van der Waals surface area contributed by atoms with Gasteiger partial charge in [-0.3, -0.25) is 10.1 Å². The highest BCUT2D eigenvalue weighted by molar-refractivity contribution is 5.93. The molecule has 6 heteroatoms. The number of aromatic nitrogens is 2. The van der Waals surface area contributed by atoms with E-state index < -0.39 is 5.60 Å². The van der Waals surface area contributed by atoms with E-state index >= 15 is 0 Å². The number of nitrogens with one attached hydrogen (secondary N) is 1. The number of hydrogen-bond donors (Lipinski definition) is 2. The predicted molar refractivity (Wildman–Crippen MR) is 95.3 cm³/mol. The van der Waals surface area contributed by atoms with Crippen molar-refractivity contribution in [3.63, 3.8) is 0 Å². The van der Waals surface area contributed by atoms with E-state index in [4.69, 9.17) is 6.57 Å². The Kier molecular flexibility index (Phi) is 4.42. The highest BCUT2D eigenvalue weighted by Crippen LogP contribution is 2.32. The van der Waals surface area contributed by atoms with Crippen LogP contribution in [0.1, 0.15) is 46.6 Å². The summed E-state index contributed by atoms with van der Waals surface area (Å²) in [5, 5.41) is 12.6. The summed E-state index contributed by atoms with van der Waals surface area (Å²) in [5.41, 5.74) is 1.54. The van der Waals surface area contributed by atoms with E-state index in [0.29, 0.717) is 11.6 Å². The minimum absolute atomic E-state index is 0.0212. The average molecular weight is 328 g/mol. The van der Waals surface area contributed by atoms with E-state index in [1.807, 2.05) is 44.4 Å². The lowest BCUT2D eigenvalue weighted by Gasteiger charge is -2.25. The third-order valence-corrected chi connectivity index (χ3v) is 3.61. The van der Waals surface area contributed by atoms with E-state index in [9.17, 15) is 9.90 Å². The highest BCUT2D eigenvalue weighted by atomic mass is 16.3. The van der Waals surface area contributed by atoms with Crippen LogP contribution in [0.15, 0.2) is 12.1 Å². The lowest BCUT2D eigenvalue weighted by Crippen LogP contribution is -2.30. The zero-order valence-electron chi connectivity index (χ0n) is 15.1. The number of nitrogens with zero attached hydrogens (tertiary/aromatic N) is 3. The SMILES string of the molecule is [C-]#[N+]c1cc2c(cc1C)nc(NC(=O)CC(C)(C)O)n2C(C)(C)C. The van der Waals surface area contributed by atoms with Gasteiger partial charge in [0.2, 0.25) is 11.9 Å². The Morgan fingerprint density at radius 1 is 1.33 bits per heavy atom.